The number of aliphatic hydroxyl groups excluding tert-OH is 7. The second-order valence-corrected chi connectivity index (χ2v) is 23.7. The van der Waals surface area contributed by atoms with Gasteiger partial charge in [0.1, 0.15) is 32.5 Å². The lowest BCUT2D eigenvalue weighted by Gasteiger charge is -2.38. The van der Waals surface area contributed by atoms with Gasteiger partial charge in [-0.2, -0.15) is 0 Å². The van der Waals surface area contributed by atoms with Crippen molar-refractivity contribution in [3.63, 3.8) is 0 Å². The smallest absolute Gasteiger partial charge is 0.410 e. The average Bonchev–Trinajstić information content (AvgIpc) is 4.14. The monoisotopic (exact) mass is 1040 g/mol. The number of nitrogens with zero attached hydrogens (tertiary/aromatic N) is 3. The minimum Gasteiger partial charge on any atom is -0.481 e. The van der Waals surface area contributed by atoms with Crippen molar-refractivity contribution in [3.05, 3.63) is 35.9 Å². The molecule has 5 rings (SSSR count). The Hall–Kier alpha value is -4.59. The second kappa shape index (κ2) is 33.9. The number of likely N-dealkylation sites (tertiary alicyclic amines) is 3. The first-order chi connectivity index (χ1) is 34.2. The number of ketones is 1. The van der Waals surface area contributed by atoms with Gasteiger partial charge in [-0.1, -0.05) is 64.4 Å². The molecule has 4 aliphatic rings. The molecule has 1 unspecified atom stereocenters. The van der Waals surface area contributed by atoms with Crippen LogP contribution >= 0.6 is 0 Å². The number of hydrogen-bond acceptors (Lipinski definition) is 17. The summed E-state index contributed by atoms with van der Waals surface area (Å²) in [7, 11) is 0.986. The molecule has 3 amide bonds. The van der Waals surface area contributed by atoms with Gasteiger partial charge in [-0.3, -0.25) is 28.8 Å². The van der Waals surface area contributed by atoms with E-state index in [4.69, 9.17) is 37.5 Å². The van der Waals surface area contributed by atoms with Gasteiger partial charge in [-0.15, -0.1) is 0 Å². The molecule has 23 heteroatoms. The highest BCUT2D eigenvalue weighted by Crippen LogP contribution is 2.40. The highest BCUT2D eigenvalue weighted by Gasteiger charge is 2.41. The van der Waals surface area contributed by atoms with Crippen molar-refractivity contribution < 1.29 is 94.8 Å². The van der Waals surface area contributed by atoms with E-state index in [1.165, 1.54) is 54.6 Å². The molecule has 0 radical (unpaired) electrons. The Morgan fingerprint density at radius 3 is 1.73 bits per heavy atom. The van der Waals surface area contributed by atoms with Gasteiger partial charge in [-0.25, -0.2) is 4.79 Å². The molecule has 3 saturated heterocycles. The zero-order valence-electron chi connectivity index (χ0n) is 44.6. The quantitative estimate of drug-likeness (QED) is 0.0730. The van der Waals surface area contributed by atoms with E-state index in [0.717, 1.165) is 11.5 Å². The maximum Gasteiger partial charge on any atom is 0.410 e. The maximum absolute atomic E-state index is 11.8. The molecule has 0 spiro atoms. The van der Waals surface area contributed by atoms with Crippen LogP contribution in [0.5, 0.6) is 0 Å². The number of esters is 1. The van der Waals surface area contributed by atoms with Crippen molar-refractivity contribution in [1.82, 2.24) is 14.7 Å². The third kappa shape index (κ3) is 25.6. The Morgan fingerprint density at radius 2 is 1.28 bits per heavy atom. The van der Waals surface area contributed by atoms with Crippen molar-refractivity contribution in [3.8, 4) is 0 Å². The number of carbonyl (C=O) groups excluding carboxylic acids is 5. The van der Waals surface area contributed by atoms with Crippen molar-refractivity contribution in [1.29, 1.82) is 1.43 Å². The molecule has 8 atom stereocenters. The number of carbonyl (C=O) groups is 7. The number of carboxylic acid groups (broad SMARTS) is 2. The fourth-order valence-electron chi connectivity index (χ4n) is 7.51. The van der Waals surface area contributed by atoms with Crippen LogP contribution in [0.2, 0.25) is 18.1 Å². The first-order valence-corrected chi connectivity index (χ1v) is 26.5. The molecule has 0 bridgehead atoms. The third-order valence-corrected chi connectivity index (χ3v) is 16.9. The van der Waals surface area contributed by atoms with Crippen LogP contribution in [0.3, 0.4) is 0 Å². The van der Waals surface area contributed by atoms with E-state index in [2.05, 4.69) is 50.6 Å². The van der Waals surface area contributed by atoms with E-state index in [-0.39, 0.29) is 64.9 Å². The van der Waals surface area contributed by atoms with Crippen LogP contribution in [0.15, 0.2) is 30.3 Å². The summed E-state index contributed by atoms with van der Waals surface area (Å²) in [6.07, 6.45) is 3.19. The van der Waals surface area contributed by atoms with E-state index >= 15 is 0 Å². The van der Waals surface area contributed by atoms with Crippen LogP contribution in [0.4, 0.5) is 4.79 Å². The summed E-state index contributed by atoms with van der Waals surface area (Å²) in [5.41, 5.74) is 0.908. The Morgan fingerprint density at radius 1 is 0.775 bits per heavy atom. The summed E-state index contributed by atoms with van der Waals surface area (Å²) in [6, 6.07) is 8.31. The number of methoxy groups -OCH3 is 1. The normalized spacial score (nSPS) is 23.7. The lowest BCUT2D eigenvalue weighted by Crippen LogP contribution is -2.43. The molecule has 4 fully saturated rings. The van der Waals surface area contributed by atoms with Gasteiger partial charge in [0.05, 0.1) is 57.3 Å². The number of benzene rings is 1. The molecule has 1 aromatic rings. The summed E-state index contributed by atoms with van der Waals surface area (Å²) in [5.74, 6) is -3.68. The lowest BCUT2D eigenvalue weighted by atomic mass is 10.1. The molecular weight excluding hydrogens is 951 g/mol. The molecule has 9 N–H and O–H groups in total. The molecule has 3 aliphatic heterocycles. The van der Waals surface area contributed by atoms with Gasteiger partial charge >= 0.3 is 24.0 Å². The number of aliphatic carboxylic acids is 2. The average molecular weight is 1040 g/mol. The summed E-state index contributed by atoms with van der Waals surface area (Å²) >= 11 is 0. The van der Waals surface area contributed by atoms with Crippen molar-refractivity contribution in [2.24, 2.45) is 5.92 Å². The topological polar surface area (TPSA) is 339 Å². The standard InChI is InChI=1S/C13H17NO4.C13H28OSi.C9H15NO5.C8H13NO4.C4H6O4.CH4O/c15-8-11-6-12(16)7-14(11)13(17)18-9-10-4-2-1-3-5-10;1-7-11-8-9-12(10-11)14-15(5,6)13(2,3)4;1-15-9(14)3-8(13)10-4-7(12)2-6(10)5-11;1-5-2-6(10)4-9(5)7(11)3-8(12)13;5-2-3(6)1-4(7)8;1-2/h1-5,11-12,15-16H,6-9H2;11-12H,7-10H2,1-6H3;6-7,11-12H,2-5H2,1H3;5-6,10H,2-4H2,1H3,(H,12,13);5H,1-2H2,(H,7,8);2H,1H3/t11-,12+;11-,12?;6-,7+;5-,6-;;/m0001../s1/i;;;1D;;2T. The van der Waals surface area contributed by atoms with Gasteiger partial charge in [0.2, 0.25) is 13.2 Å². The molecule has 3 heterocycles. The number of ether oxygens (including phenoxy) is 2. The fraction of sp³-hybridized carbons (Fsp3) is 0.729. The SMILES string of the molecule is CC[C@H]1CCC(O[Si](C)(C)C(C)(C)C)C1.COC(=O)CC(=O)N1C[C@H](O)C[C@H]1CO.O=C(O)CC(=O)CO.O=C(OCc1ccccc1)N1C[C@H](O)C[C@H]1CO.[2H]C[C@@H]1C[C@@H](O)CN1C(=O)CC(=O)O.[3H]OC. The van der Waals surface area contributed by atoms with Crippen LogP contribution < -0.4 is 0 Å². The van der Waals surface area contributed by atoms with Gasteiger partial charge in [0.25, 0.3) is 0 Å². The first kappa shape index (κ1) is 62.5. The lowest BCUT2D eigenvalue weighted by molar-refractivity contribution is -0.148. The van der Waals surface area contributed by atoms with Crippen molar-refractivity contribution in [2.45, 2.75) is 166 Å². The van der Waals surface area contributed by atoms with Crippen molar-refractivity contribution >= 4 is 49.9 Å². The molecule has 0 aromatic heterocycles. The second-order valence-electron chi connectivity index (χ2n) is 19.0. The van der Waals surface area contributed by atoms with E-state index in [1.807, 2.05) is 30.3 Å². The number of Topliss-reactive ketones (excluding diaryl/α,β-unsaturated/α-hetero) is 1. The summed E-state index contributed by atoms with van der Waals surface area (Å²) in [5, 5.41) is 74.3. The molecule has 1 saturated carbocycles. The Kier molecular flexibility index (Phi) is 29.9. The van der Waals surface area contributed by atoms with E-state index in [1.54, 1.807) is 0 Å². The third-order valence-electron chi connectivity index (χ3n) is 12.4. The van der Waals surface area contributed by atoms with Gasteiger partial charge in [0, 0.05) is 33.7 Å². The minimum atomic E-state index is -1.51. The fourth-order valence-corrected chi connectivity index (χ4v) is 8.91. The minimum absolute atomic E-state index is 0.00240. The van der Waals surface area contributed by atoms with Crippen LogP contribution in [0.1, 0.15) is 106 Å². The number of hydrogen-bond donors (Lipinski definition) is 9. The Labute approximate surface area is 421 Å². The van der Waals surface area contributed by atoms with Gasteiger partial charge < -0.3 is 74.6 Å². The van der Waals surface area contributed by atoms with E-state index in [9.17, 15) is 48.9 Å². The predicted octanol–water partition coefficient (Wildman–Crippen LogP) is 1.92. The molecule has 1 aromatic carbocycles. The van der Waals surface area contributed by atoms with Crippen molar-refractivity contribution in [2.75, 3.05) is 53.7 Å². The summed E-state index contributed by atoms with van der Waals surface area (Å²) in [4.78, 5) is 79.4. The Balaban J connectivity index is 0.000000890. The molecule has 408 valence electrons. The van der Waals surface area contributed by atoms with Crippen LogP contribution in [0.25, 0.3) is 0 Å². The van der Waals surface area contributed by atoms with Crippen LogP contribution in [-0.4, -0.2) is 208 Å². The largest absolute Gasteiger partial charge is 0.481 e. The zero-order chi connectivity index (χ0) is 56.1. The number of carboxylic acids is 2. The summed E-state index contributed by atoms with van der Waals surface area (Å²) < 4.78 is 28.8. The number of amides is 3. The number of rotatable bonds is 14. The first-order valence-electron chi connectivity index (χ1n) is 24.7. The maximum atomic E-state index is 11.8. The molecule has 1 aliphatic carbocycles. The summed E-state index contributed by atoms with van der Waals surface area (Å²) in [6.45, 7) is 13.7. The number of β-amino-alcohol motifs (C(OH)–C–C–N with tert-alkyl or cyclic N) is 3. The number of aliphatic hydroxyl groups is 7. The predicted molar refractivity (Wildman–Crippen MR) is 261 cm³/mol. The van der Waals surface area contributed by atoms with E-state index < -0.39 is 93.7 Å². The zero-order valence-corrected chi connectivity index (χ0v) is 43.6. The van der Waals surface area contributed by atoms with Crippen LogP contribution in [-0.2, 0) is 49.3 Å². The highest BCUT2D eigenvalue weighted by molar-refractivity contribution is 6.74. The van der Waals surface area contributed by atoms with Gasteiger partial charge in [-0.05, 0) is 75.0 Å². The van der Waals surface area contributed by atoms with E-state index in [0.29, 0.717) is 30.4 Å². The molecular formula is C48H83N3O19Si. The molecule has 71 heavy (non-hydrogen) atoms. The molecule has 22 nitrogen and oxygen atoms in total. The highest BCUT2D eigenvalue weighted by atomic mass is 28.4. The Bertz CT molecular complexity index is 1810. The van der Waals surface area contributed by atoms with Gasteiger partial charge in [0.15, 0.2) is 14.1 Å². The van der Waals surface area contributed by atoms with Crippen LogP contribution in [0, 0.1) is 5.92 Å².